The number of benzene rings is 3. The van der Waals surface area contributed by atoms with E-state index in [1.807, 2.05) is 60.1 Å². The minimum Gasteiger partial charge on any atom is -0.319 e. The molecule has 0 atom stereocenters. The fourth-order valence-corrected chi connectivity index (χ4v) is 3.98. The second-order valence-electron chi connectivity index (χ2n) is 5.73. The highest BCUT2D eigenvalue weighted by Gasteiger charge is 2.08. The Kier molecular flexibility index (Phi) is 3.75. The minimum absolute atomic E-state index is 0.117. The van der Waals surface area contributed by atoms with E-state index in [4.69, 9.17) is 0 Å². The molecule has 1 amide bonds. The summed E-state index contributed by atoms with van der Waals surface area (Å²) >= 11 is 1.54. The first-order valence-corrected chi connectivity index (χ1v) is 8.63. The Hall–Kier alpha value is -2.72. The van der Waals surface area contributed by atoms with Crippen molar-refractivity contribution in [1.82, 2.24) is 4.57 Å². The number of thiazole rings is 1. The third-order valence-corrected chi connectivity index (χ3v) is 5.27. The molecule has 0 bridgehead atoms. The number of fused-ring (bicyclic) bond motifs is 2. The van der Waals surface area contributed by atoms with Crippen LogP contribution in [0.5, 0.6) is 0 Å². The van der Waals surface area contributed by atoms with Crippen LogP contribution in [0.3, 0.4) is 0 Å². The monoisotopic (exact) mass is 332 g/mol. The second kappa shape index (κ2) is 6.06. The van der Waals surface area contributed by atoms with Crippen molar-refractivity contribution < 1.29 is 4.79 Å². The zero-order valence-corrected chi connectivity index (χ0v) is 14.1. The topological polar surface area (TPSA) is 34.4 Å². The second-order valence-corrected chi connectivity index (χ2v) is 6.74. The average molecular weight is 332 g/mol. The van der Waals surface area contributed by atoms with Crippen molar-refractivity contribution >= 4 is 38.2 Å². The molecule has 0 radical (unpaired) electrons. The Balaban J connectivity index is 1.72. The maximum atomic E-state index is 12.5. The Morgan fingerprint density at radius 1 is 1.00 bits per heavy atom. The number of amides is 1. The van der Waals surface area contributed by atoms with Crippen LogP contribution in [0.2, 0.25) is 0 Å². The van der Waals surface area contributed by atoms with Crippen LogP contribution >= 0.6 is 11.3 Å². The molecule has 4 heteroatoms. The van der Waals surface area contributed by atoms with Crippen LogP contribution in [0.4, 0.5) is 0 Å². The van der Waals surface area contributed by atoms with E-state index in [9.17, 15) is 4.79 Å². The smallest absolute Gasteiger partial charge is 0.252 e. The van der Waals surface area contributed by atoms with Gasteiger partial charge in [-0.25, -0.2) is 0 Å². The van der Waals surface area contributed by atoms with Crippen LogP contribution in [-0.2, 0) is 18.3 Å². The van der Waals surface area contributed by atoms with Crippen molar-refractivity contribution in [2.24, 2.45) is 12.0 Å². The van der Waals surface area contributed by atoms with Gasteiger partial charge in [0.2, 0.25) is 0 Å². The summed E-state index contributed by atoms with van der Waals surface area (Å²) in [6, 6.07) is 22.3. The zero-order chi connectivity index (χ0) is 16.5. The molecule has 3 aromatic carbocycles. The van der Waals surface area contributed by atoms with Crippen molar-refractivity contribution in [1.29, 1.82) is 0 Å². The maximum absolute atomic E-state index is 12.5. The molecular formula is C20H16N2OS. The van der Waals surface area contributed by atoms with E-state index >= 15 is 0 Å². The molecular weight excluding hydrogens is 316 g/mol. The first-order chi connectivity index (χ1) is 11.7. The van der Waals surface area contributed by atoms with Gasteiger partial charge in [0.05, 0.1) is 16.6 Å². The Bertz CT molecular complexity index is 1120. The summed E-state index contributed by atoms with van der Waals surface area (Å²) in [5.41, 5.74) is 2.12. The Morgan fingerprint density at radius 3 is 2.62 bits per heavy atom. The number of rotatable bonds is 2. The highest BCUT2D eigenvalue weighted by atomic mass is 32.1. The number of hydrogen-bond donors (Lipinski definition) is 0. The Labute approximate surface area is 143 Å². The zero-order valence-electron chi connectivity index (χ0n) is 13.3. The van der Waals surface area contributed by atoms with Crippen molar-refractivity contribution in [2.75, 3.05) is 0 Å². The third-order valence-electron chi connectivity index (χ3n) is 4.16. The lowest BCUT2D eigenvalue weighted by Crippen LogP contribution is -2.14. The van der Waals surface area contributed by atoms with Crippen LogP contribution in [-0.4, -0.2) is 10.5 Å². The fraction of sp³-hybridized carbons (Fsp3) is 0.100. The summed E-state index contributed by atoms with van der Waals surface area (Å²) in [5, 5.41) is 2.26. The maximum Gasteiger partial charge on any atom is 0.252 e. The molecule has 24 heavy (non-hydrogen) atoms. The lowest BCUT2D eigenvalue weighted by Gasteiger charge is -2.03. The van der Waals surface area contributed by atoms with Crippen LogP contribution in [0, 0.1) is 0 Å². The standard InChI is InChI=1S/C20H16N2OS/c1-22-17-11-4-5-12-18(17)24-20(22)21-19(23)13-15-9-6-8-14-7-2-3-10-16(14)15/h2-12H,13H2,1H3. The van der Waals surface area contributed by atoms with Gasteiger partial charge in [-0.1, -0.05) is 65.9 Å². The molecule has 4 aromatic rings. The fourth-order valence-electron chi connectivity index (χ4n) is 2.94. The molecule has 1 aromatic heterocycles. The summed E-state index contributed by atoms with van der Waals surface area (Å²) in [6.07, 6.45) is 0.315. The van der Waals surface area contributed by atoms with Gasteiger partial charge in [-0.05, 0) is 28.5 Å². The van der Waals surface area contributed by atoms with Gasteiger partial charge in [0.15, 0.2) is 4.80 Å². The van der Waals surface area contributed by atoms with Crippen LogP contribution in [0.15, 0.2) is 71.7 Å². The number of aromatic nitrogens is 1. The van der Waals surface area contributed by atoms with E-state index in [1.54, 1.807) is 11.3 Å². The number of nitrogens with zero attached hydrogens (tertiary/aromatic N) is 2. The first-order valence-electron chi connectivity index (χ1n) is 7.81. The number of aryl methyl sites for hydroxylation is 1. The lowest BCUT2D eigenvalue weighted by molar-refractivity contribution is -0.117. The van der Waals surface area contributed by atoms with Gasteiger partial charge in [-0.3, -0.25) is 4.79 Å². The highest BCUT2D eigenvalue weighted by Crippen LogP contribution is 2.19. The number of hydrogen-bond acceptors (Lipinski definition) is 2. The van der Waals surface area contributed by atoms with E-state index in [0.717, 1.165) is 31.4 Å². The van der Waals surface area contributed by atoms with E-state index in [1.165, 1.54) is 0 Å². The predicted octanol–water partition coefficient (Wildman–Crippen LogP) is 4.06. The normalized spacial score (nSPS) is 12.1. The average Bonchev–Trinajstić information content (AvgIpc) is 2.91. The highest BCUT2D eigenvalue weighted by molar-refractivity contribution is 7.16. The van der Waals surface area contributed by atoms with Crippen LogP contribution in [0.1, 0.15) is 5.56 Å². The number of carbonyl (C=O) groups excluding carboxylic acids is 1. The quantitative estimate of drug-likeness (QED) is 0.545. The van der Waals surface area contributed by atoms with E-state index in [2.05, 4.69) is 23.2 Å². The van der Waals surface area contributed by atoms with Crippen molar-refractivity contribution in [3.63, 3.8) is 0 Å². The largest absolute Gasteiger partial charge is 0.319 e. The predicted molar refractivity (Wildman–Crippen MR) is 99.0 cm³/mol. The third kappa shape index (κ3) is 2.65. The Morgan fingerprint density at radius 2 is 1.75 bits per heavy atom. The molecule has 0 aliphatic heterocycles. The summed E-state index contributed by atoms with van der Waals surface area (Å²) in [5.74, 6) is -0.117. The first kappa shape index (κ1) is 14.8. The SMILES string of the molecule is Cn1c(=NC(=O)Cc2cccc3ccccc23)sc2ccccc21. The summed E-state index contributed by atoms with van der Waals surface area (Å²) < 4.78 is 3.11. The molecule has 0 aliphatic carbocycles. The molecule has 0 saturated carbocycles. The molecule has 0 aliphatic rings. The number of para-hydroxylation sites is 1. The van der Waals surface area contributed by atoms with Gasteiger partial charge in [0.1, 0.15) is 0 Å². The molecule has 3 nitrogen and oxygen atoms in total. The van der Waals surface area contributed by atoms with Crippen LogP contribution < -0.4 is 4.80 Å². The molecule has 0 N–H and O–H groups in total. The van der Waals surface area contributed by atoms with Crippen molar-refractivity contribution in [2.45, 2.75) is 6.42 Å². The van der Waals surface area contributed by atoms with Crippen molar-refractivity contribution in [3.8, 4) is 0 Å². The van der Waals surface area contributed by atoms with Gasteiger partial charge in [-0.15, -0.1) is 0 Å². The van der Waals surface area contributed by atoms with Gasteiger partial charge < -0.3 is 4.57 Å². The van der Waals surface area contributed by atoms with Crippen molar-refractivity contribution in [3.05, 3.63) is 77.1 Å². The van der Waals surface area contributed by atoms with Gasteiger partial charge in [0.25, 0.3) is 5.91 Å². The summed E-state index contributed by atoms with van der Waals surface area (Å²) in [7, 11) is 1.95. The van der Waals surface area contributed by atoms with Gasteiger partial charge >= 0.3 is 0 Å². The molecule has 1 heterocycles. The van der Waals surface area contributed by atoms with Gasteiger partial charge in [0, 0.05) is 7.05 Å². The van der Waals surface area contributed by atoms with E-state index in [-0.39, 0.29) is 5.91 Å². The molecule has 0 saturated heterocycles. The number of carbonyl (C=O) groups is 1. The summed E-state index contributed by atoms with van der Waals surface area (Å²) in [6.45, 7) is 0. The lowest BCUT2D eigenvalue weighted by atomic mass is 10.0. The molecule has 118 valence electrons. The molecule has 0 fully saturated rings. The molecule has 0 spiro atoms. The minimum atomic E-state index is -0.117. The van der Waals surface area contributed by atoms with Crippen LogP contribution in [0.25, 0.3) is 21.0 Å². The van der Waals surface area contributed by atoms with E-state index in [0.29, 0.717) is 6.42 Å². The van der Waals surface area contributed by atoms with Gasteiger partial charge in [-0.2, -0.15) is 4.99 Å². The van der Waals surface area contributed by atoms with E-state index < -0.39 is 0 Å². The molecule has 0 unspecified atom stereocenters. The molecule has 4 rings (SSSR count). The summed E-state index contributed by atoms with van der Waals surface area (Å²) in [4.78, 5) is 17.6.